The highest BCUT2D eigenvalue weighted by Gasteiger charge is 2.53. The summed E-state index contributed by atoms with van der Waals surface area (Å²) in [5.41, 5.74) is 4.69. The van der Waals surface area contributed by atoms with Crippen molar-refractivity contribution in [2.24, 2.45) is 0 Å². The summed E-state index contributed by atoms with van der Waals surface area (Å²) in [6, 6.07) is 15.6. The van der Waals surface area contributed by atoms with Crippen molar-refractivity contribution >= 4 is 17.6 Å². The van der Waals surface area contributed by atoms with Crippen molar-refractivity contribution in [1.29, 1.82) is 0 Å². The molecule has 0 radical (unpaired) electrons. The molecule has 0 saturated carbocycles. The molecule has 0 unspecified atom stereocenters. The molecule has 0 saturated heterocycles. The van der Waals surface area contributed by atoms with E-state index in [0.717, 1.165) is 22.4 Å². The molecule has 3 atom stereocenters. The van der Waals surface area contributed by atoms with Crippen LogP contribution in [0.25, 0.3) is 0 Å². The van der Waals surface area contributed by atoms with Gasteiger partial charge in [-0.05, 0) is 22.8 Å². The van der Waals surface area contributed by atoms with Crippen molar-refractivity contribution < 1.29 is 19.1 Å². The van der Waals surface area contributed by atoms with Gasteiger partial charge in [0.2, 0.25) is 0 Å². The SMILES string of the molecule is COC(=O)C1=C(C(=O)OC)N2c3ccccc3[C@@H]3c4ccccc4[C@H]1N[C@@H]32. The molecule has 1 N–H and O–H groups in total. The first-order chi connectivity index (χ1) is 13.2. The molecule has 0 spiro atoms. The highest BCUT2D eigenvalue weighted by molar-refractivity contribution is 6.05. The van der Waals surface area contributed by atoms with Crippen molar-refractivity contribution in [3.05, 3.63) is 76.5 Å². The predicted molar refractivity (Wildman–Crippen MR) is 97.9 cm³/mol. The van der Waals surface area contributed by atoms with E-state index in [1.165, 1.54) is 14.2 Å². The summed E-state index contributed by atoms with van der Waals surface area (Å²) in [6.07, 6.45) is -0.162. The van der Waals surface area contributed by atoms with Crippen LogP contribution in [0, 0.1) is 0 Å². The van der Waals surface area contributed by atoms with Gasteiger partial charge in [0.05, 0.1) is 32.0 Å². The monoisotopic (exact) mass is 362 g/mol. The first kappa shape index (κ1) is 16.1. The Morgan fingerprint density at radius 3 is 2.22 bits per heavy atom. The number of hydrogen-bond donors (Lipinski definition) is 1. The van der Waals surface area contributed by atoms with Gasteiger partial charge in [-0.2, -0.15) is 0 Å². The van der Waals surface area contributed by atoms with E-state index in [9.17, 15) is 9.59 Å². The molecule has 3 aliphatic heterocycles. The van der Waals surface area contributed by atoms with Crippen LogP contribution in [0.2, 0.25) is 0 Å². The van der Waals surface area contributed by atoms with E-state index in [0.29, 0.717) is 0 Å². The summed E-state index contributed by atoms with van der Waals surface area (Å²) >= 11 is 0. The lowest BCUT2D eigenvalue weighted by atomic mass is 9.78. The number of benzene rings is 2. The lowest BCUT2D eigenvalue weighted by Gasteiger charge is -2.45. The van der Waals surface area contributed by atoms with Crippen molar-refractivity contribution in [3.8, 4) is 0 Å². The Morgan fingerprint density at radius 2 is 1.52 bits per heavy atom. The fraction of sp³-hybridized carbons (Fsp3) is 0.238. The molecule has 2 bridgehead atoms. The fourth-order valence-corrected chi connectivity index (χ4v) is 4.66. The third kappa shape index (κ3) is 1.99. The molecule has 136 valence electrons. The highest BCUT2D eigenvalue weighted by atomic mass is 16.5. The Labute approximate surface area is 156 Å². The van der Waals surface area contributed by atoms with Gasteiger partial charge in [0.1, 0.15) is 5.70 Å². The second-order valence-corrected chi connectivity index (χ2v) is 6.83. The molecule has 2 aromatic rings. The molecule has 6 heteroatoms. The number of anilines is 1. The lowest BCUT2D eigenvalue weighted by molar-refractivity contribution is -0.140. The Hall–Kier alpha value is -3.12. The number of esters is 2. The summed E-state index contributed by atoms with van der Waals surface area (Å²) < 4.78 is 10.1. The number of ether oxygens (including phenoxy) is 2. The number of rotatable bonds is 2. The van der Waals surface area contributed by atoms with Gasteiger partial charge in [-0.3, -0.25) is 5.32 Å². The number of nitrogens with one attached hydrogen (secondary N) is 1. The van der Waals surface area contributed by atoms with Gasteiger partial charge in [0.15, 0.2) is 0 Å². The largest absolute Gasteiger partial charge is 0.466 e. The van der Waals surface area contributed by atoms with Crippen LogP contribution in [-0.2, 0) is 19.1 Å². The minimum Gasteiger partial charge on any atom is -0.466 e. The fourth-order valence-electron chi connectivity index (χ4n) is 4.66. The first-order valence-electron chi connectivity index (χ1n) is 8.81. The summed E-state index contributed by atoms with van der Waals surface area (Å²) in [4.78, 5) is 27.4. The van der Waals surface area contributed by atoms with Gasteiger partial charge in [0, 0.05) is 11.6 Å². The maximum absolute atomic E-state index is 12.8. The van der Waals surface area contributed by atoms with Crippen molar-refractivity contribution in [3.63, 3.8) is 0 Å². The number of fused-ring (bicyclic) bond motifs is 7. The quantitative estimate of drug-likeness (QED) is 0.827. The van der Waals surface area contributed by atoms with Gasteiger partial charge in [-0.25, -0.2) is 9.59 Å². The summed E-state index contributed by atoms with van der Waals surface area (Å²) in [7, 11) is 2.65. The lowest BCUT2D eigenvalue weighted by Crippen LogP contribution is -2.56. The van der Waals surface area contributed by atoms with Gasteiger partial charge in [-0.15, -0.1) is 0 Å². The Balaban J connectivity index is 1.89. The minimum absolute atomic E-state index is 0.0625. The topological polar surface area (TPSA) is 67.9 Å². The summed E-state index contributed by atoms with van der Waals surface area (Å²) in [6.45, 7) is 0. The number of methoxy groups -OCH3 is 2. The first-order valence-corrected chi connectivity index (χ1v) is 8.81. The molecule has 5 rings (SSSR count). The van der Waals surface area contributed by atoms with E-state index in [1.54, 1.807) is 0 Å². The molecule has 0 fully saturated rings. The normalized spacial score (nSPS) is 24.2. The number of carbonyl (C=O) groups is 2. The molecule has 0 aromatic heterocycles. The second kappa shape index (κ2) is 5.69. The van der Waals surface area contributed by atoms with Crippen LogP contribution in [0.5, 0.6) is 0 Å². The van der Waals surface area contributed by atoms with E-state index < -0.39 is 18.0 Å². The van der Waals surface area contributed by atoms with Gasteiger partial charge < -0.3 is 14.4 Å². The van der Waals surface area contributed by atoms with Crippen LogP contribution in [-0.4, -0.2) is 32.3 Å². The molecular weight excluding hydrogens is 344 g/mol. The number of para-hydroxylation sites is 1. The van der Waals surface area contributed by atoms with Crippen LogP contribution in [0.15, 0.2) is 59.8 Å². The Morgan fingerprint density at radius 1 is 0.889 bits per heavy atom. The molecule has 2 aromatic carbocycles. The van der Waals surface area contributed by atoms with E-state index in [4.69, 9.17) is 9.47 Å². The smallest absolute Gasteiger partial charge is 0.355 e. The van der Waals surface area contributed by atoms with Gasteiger partial charge >= 0.3 is 11.9 Å². The van der Waals surface area contributed by atoms with E-state index in [1.807, 2.05) is 41.3 Å². The van der Waals surface area contributed by atoms with Crippen LogP contribution in [0.4, 0.5) is 5.69 Å². The molecule has 6 nitrogen and oxygen atoms in total. The average molecular weight is 362 g/mol. The van der Waals surface area contributed by atoms with Crippen molar-refractivity contribution in [2.45, 2.75) is 18.1 Å². The predicted octanol–water partition coefficient (Wildman–Crippen LogP) is 2.22. The maximum Gasteiger partial charge on any atom is 0.355 e. The van der Waals surface area contributed by atoms with Crippen LogP contribution in [0.3, 0.4) is 0 Å². The molecule has 3 aliphatic rings. The zero-order valence-electron chi connectivity index (χ0n) is 14.9. The van der Waals surface area contributed by atoms with E-state index >= 15 is 0 Å². The number of carbonyl (C=O) groups excluding carboxylic acids is 2. The number of nitrogens with zero attached hydrogens (tertiary/aromatic N) is 1. The van der Waals surface area contributed by atoms with Crippen molar-refractivity contribution in [1.82, 2.24) is 5.32 Å². The molecule has 3 heterocycles. The zero-order valence-corrected chi connectivity index (χ0v) is 14.9. The van der Waals surface area contributed by atoms with Gasteiger partial charge in [-0.1, -0.05) is 42.5 Å². The molecular formula is C21H18N2O4. The highest BCUT2D eigenvalue weighted by Crippen LogP contribution is 2.54. The van der Waals surface area contributed by atoms with Crippen LogP contribution >= 0.6 is 0 Å². The molecule has 0 amide bonds. The maximum atomic E-state index is 12.8. The summed E-state index contributed by atoms with van der Waals surface area (Å²) in [5, 5.41) is 3.55. The average Bonchev–Trinajstić information content (AvgIpc) is 3.07. The summed E-state index contributed by atoms with van der Waals surface area (Å²) in [5.74, 6) is -1.02. The molecule has 0 aliphatic carbocycles. The van der Waals surface area contributed by atoms with Crippen LogP contribution in [0.1, 0.15) is 28.7 Å². The molecule has 27 heavy (non-hydrogen) atoms. The Bertz CT molecular complexity index is 1010. The minimum atomic E-state index is -0.540. The van der Waals surface area contributed by atoms with Crippen LogP contribution < -0.4 is 10.2 Å². The van der Waals surface area contributed by atoms with Crippen molar-refractivity contribution in [2.75, 3.05) is 19.1 Å². The zero-order chi connectivity index (χ0) is 18.7. The third-order valence-electron chi connectivity index (χ3n) is 5.67. The van der Waals surface area contributed by atoms with E-state index in [2.05, 4.69) is 17.4 Å². The second-order valence-electron chi connectivity index (χ2n) is 6.83. The number of hydrogen-bond acceptors (Lipinski definition) is 6. The standard InChI is InChI=1S/C21H18N2O4/c1-26-20(24)16-17-12-8-4-3-7-11(12)15-13-9-5-6-10-14(13)23(19(15)22-17)18(16)21(25)27-2/h3-10,15,17,19,22H,1-2H3/t15-,17+,19+/m0/s1. The third-order valence-corrected chi connectivity index (χ3v) is 5.67. The van der Waals surface area contributed by atoms with Gasteiger partial charge in [0.25, 0.3) is 0 Å². The Kier molecular flexibility index (Phi) is 3.39. The van der Waals surface area contributed by atoms with E-state index in [-0.39, 0.29) is 23.4 Å².